The highest BCUT2D eigenvalue weighted by Gasteiger charge is 2.17. The van der Waals surface area contributed by atoms with Crippen LogP contribution in [0.2, 0.25) is 0 Å². The average molecular weight is 383 g/mol. The molecule has 0 saturated heterocycles. The third-order valence-electron chi connectivity index (χ3n) is 5.08. The summed E-state index contributed by atoms with van der Waals surface area (Å²) < 4.78 is 7.41. The smallest absolute Gasteiger partial charge is 0.200 e. The molecule has 0 fully saturated rings. The van der Waals surface area contributed by atoms with Gasteiger partial charge in [-0.3, -0.25) is 9.59 Å². The van der Waals surface area contributed by atoms with Crippen LogP contribution in [0.5, 0.6) is 5.75 Å². The van der Waals surface area contributed by atoms with E-state index in [9.17, 15) is 9.59 Å². The largest absolute Gasteiger partial charge is 0.496 e. The van der Waals surface area contributed by atoms with Crippen molar-refractivity contribution in [3.05, 3.63) is 111 Å². The minimum Gasteiger partial charge on any atom is -0.496 e. The van der Waals surface area contributed by atoms with Gasteiger partial charge in [-0.1, -0.05) is 60.2 Å². The predicted octanol–water partition coefficient (Wildman–Crippen LogP) is 4.60. The predicted molar refractivity (Wildman–Crippen MR) is 115 cm³/mol. The summed E-state index contributed by atoms with van der Waals surface area (Å²) in [5, 5.41) is 0.528. The molecular weight excluding hydrogens is 362 g/mol. The molecule has 0 saturated carbocycles. The third-order valence-corrected chi connectivity index (χ3v) is 5.08. The van der Waals surface area contributed by atoms with Crippen molar-refractivity contribution >= 4 is 16.7 Å². The van der Waals surface area contributed by atoms with Crippen molar-refractivity contribution < 1.29 is 9.53 Å². The van der Waals surface area contributed by atoms with Gasteiger partial charge < -0.3 is 9.30 Å². The second-order valence-corrected chi connectivity index (χ2v) is 7.02. The molecule has 144 valence electrons. The van der Waals surface area contributed by atoms with Crippen LogP contribution in [0, 0.1) is 6.92 Å². The van der Waals surface area contributed by atoms with E-state index >= 15 is 0 Å². The van der Waals surface area contributed by atoms with Crippen LogP contribution >= 0.6 is 0 Å². The average Bonchev–Trinajstić information content (AvgIpc) is 2.76. The van der Waals surface area contributed by atoms with E-state index in [1.807, 2.05) is 66.1 Å². The first-order chi connectivity index (χ1) is 14.1. The van der Waals surface area contributed by atoms with Gasteiger partial charge in [0.1, 0.15) is 5.75 Å². The van der Waals surface area contributed by atoms with Crippen LogP contribution in [0.3, 0.4) is 0 Å². The number of nitrogens with zero attached hydrogens (tertiary/aromatic N) is 1. The molecule has 4 nitrogen and oxygen atoms in total. The number of methoxy groups -OCH3 is 1. The molecule has 0 aliphatic heterocycles. The molecule has 0 bridgehead atoms. The number of ketones is 1. The lowest BCUT2D eigenvalue weighted by Crippen LogP contribution is -2.20. The molecule has 4 aromatic rings. The number of pyridine rings is 1. The quantitative estimate of drug-likeness (QED) is 0.473. The van der Waals surface area contributed by atoms with Crippen LogP contribution in [0.15, 0.2) is 83.8 Å². The van der Waals surface area contributed by atoms with Crippen molar-refractivity contribution in [1.82, 2.24) is 4.57 Å². The molecule has 0 atom stereocenters. The fourth-order valence-corrected chi connectivity index (χ4v) is 3.52. The normalized spacial score (nSPS) is 10.8. The monoisotopic (exact) mass is 383 g/mol. The third kappa shape index (κ3) is 3.57. The highest BCUT2D eigenvalue weighted by Crippen LogP contribution is 2.21. The Bertz CT molecular complexity index is 1250. The molecule has 1 aromatic heterocycles. The highest BCUT2D eigenvalue weighted by molar-refractivity contribution is 6.10. The van der Waals surface area contributed by atoms with E-state index in [-0.39, 0.29) is 16.8 Å². The minimum absolute atomic E-state index is 0.169. The molecule has 0 aliphatic carbocycles. The van der Waals surface area contributed by atoms with Crippen LogP contribution in [-0.4, -0.2) is 17.5 Å². The zero-order chi connectivity index (χ0) is 20.4. The standard InChI is InChI=1S/C25H21NO3/c1-17-11-13-18(14-12-17)24(27)21-16-26(15-19-7-3-6-10-23(19)29-2)22-9-5-4-8-20(22)25(21)28/h3-14,16H,15H2,1-2H3. The van der Waals surface area contributed by atoms with E-state index < -0.39 is 0 Å². The van der Waals surface area contributed by atoms with Gasteiger partial charge in [-0.15, -0.1) is 0 Å². The van der Waals surface area contributed by atoms with E-state index in [1.165, 1.54) is 0 Å². The van der Waals surface area contributed by atoms with Crippen molar-refractivity contribution in [3.63, 3.8) is 0 Å². The van der Waals surface area contributed by atoms with E-state index in [0.29, 0.717) is 17.5 Å². The molecule has 0 unspecified atom stereocenters. The Hall–Kier alpha value is -3.66. The topological polar surface area (TPSA) is 48.3 Å². The van der Waals surface area contributed by atoms with Gasteiger partial charge in [0.15, 0.2) is 5.78 Å². The molecule has 3 aromatic carbocycles. The van der Waals surface area contributed by atoms with Crippen LogP contribution in [-0.2, 0) is 6.54 Å². The molecule has 1 heterocycles. The Morgan fingerprint density at radius 3 is 2.38 bits per heavy atom. The first-order valence-electron chi connectivity index (χ1n) is 9.44. The van der Waals surface area contributed by atoms with Gasteiger partial charge in [0.2, 0.25) is 5.43 Å². The van der Waals surface area contributed by atoms with Gasteiger partial charge in [0.25, 0.3) is 0 Å². The maximum Gasteiger partial charge on any atom is 0.200 e. The molecule has 0 aliphatic rings. The SMILES string of the molecule is COc1ccccc1Cn1cc(C(=O)c2ccc(C)cc2)c(=O)c2ccccc21. The first kappa shape index (κ1) is 18.7. The van der Waals surface area contributed by atoms with Gasteiger partial charge in [0, 0.05) is 22.7 Å². The Labute approximate surface area is 169 Å². The summed E-state index contributed by atoms with van der Waals surface area (Å²) in [7, 11) is 1.63. The van der Waals surface area contributed by atoms with Gasteiger partial charge >= 0.3 is 0 Å². The number of carbonyl (C=O) groups excluding carboxylic acids is 1. The van der Waals surface area contributed by atoms with Crippen LogP contribution in [0.4, 0.5) is 0 Å². The number of hydrogen-bond donors (Lipinski definition) is 0. The van der Waals surface area contributed by atoms with Crippen molar-refractivity contribution in [2.24, 2.45) is 0 Å². The van der Waals surface area contributed by atoms with Crippen molar-refractivity contribution in [2.75, 3.05) is 7.11 Å². The molecular formula is C25H21NO3. The fourth-order valence-electron chi connectivity index (χ4n) is 3.52. The number of aromatic nitrogens is 1. The number of aryl methyl sites for hydroxylation is 1. The lowest BCUT2D eigenvalue weighted by Gasteiger charge is -2.15. The molecule has 4 rings (SSSR count). The van der Waals surface area contributed by atoms with E-state index in [4.69, 9.17) is 4.74 Å². The van der Waals surface area contributed by atoms with E-state index in [0.717, 1.165) is 22.4 Å². The summed E-state index contributed by atoms with van der Waals surface area (Å²) >= 11 is 0. The van der Waals surface area contributed by atoms with Crippen molar-refractivity contribution in [2.45, 2.75) is 13.5 Å². The molecule has 0 N–H and O–H groups in total. The van der Waals surface area contributed by atoms with Gasteiger partial charge in [0.05, 0.1) is 24.7 Å². The number of hydrogen-bond acceptors (Lipinski definition) is 3. The Kier molecular flexibility index (Phi) is 5.00. The van der Waals surface area contributed by atoms with Gasteiger partial charge in [-0.2, -0.15) is 0 Å². The van der Waals surface area contributed by atoms with Crippen LogP contribution < -0.4 is 10.2 Å². The number of para-hydroxylation sites is 2. The molecule has 29 heavy (non-hydrogen) atoms. The Morgan fingerprint density at radius 1 is 0.931 bits per heavy atom. The lowest BCUT2D eigenvalue weighted by atomic mass is 10.0. The zero-order valence-electron chi connectivity index (χ0n) is 16.4. The highest BCUT2D eigenvalue weighted by atomic mass is 16.5. The van der Waals surface area contributed by atoms with Gasteiger partial charge in [-0.25, -0.2) is 0 Å². The second kappa shape index (κ2) is 7.76. The Balaban J connectivity index is 1.88. The summed E-state index contributed by atoms with van der Waals surface area (Å²) in [5.74, 6) is 0.497. The van der Waals surface area contributed by atoms with Crippen LogP contribution in [0.1, 0.15) is 27.0 Å². The van der Waals surface area contributed by atoms with Crippen molar-refractivity contribution in [3.8, 4) is 5.75 Å². The number of ether oxygens (including phenoxy) is 1. The molecule has 4 heteroatoms. The summed E-state index contributed by atoms with van der Waals surface area (Å²) in [6.45, 7) is 2.45. The molecule has 0 amide bonds. The van der Waals surface area contributed by atoms with Gasteiger partial charge in [-0.05, 0) is 25.1 Å². The van der Waals surface area contributed by atoms with Crippen molar-refractivity contribution in [1.29, 1.82) is 0 Å². The number of fused-ring (bicyclic) bond motifs is 1. The van der Waals surface area contributed by atoms with Crippen LogP contribution in [0.25, 0.3) is 10.9 Å². The maximum atomic E-state index is 13.1. The summed E-state index contributed by atoms with van der Waals surface area (Å²) in [6.07, 6.45) is 1.67. The first-order valence-corrected chi connectivity index (χ1v) is 9.44. The lowest BCUT2D eigenvalue weighted by molar-refractivity contribution is 0.103. The summed E-state index contributed by atoms with van der Waals surface area (Å²) in [4.78, 5) is 26.2. The second-order valence-electron chi connectivity index (χ2n) is 7.02. The fraction of sp³-hybridized carbons (Fsp3) is 0.120. The molecule has 0 radical (unpaired) electrons. The summed E-state index contributed by atoms with van der Waals surface area (Å²) in [6, 6.07) is 22.4. The minimum atomic E-state index is -0.269. The number of benzene rings is 3. The Morgan fingerprint density at radius 2 is 1.62 bits per heavy atom. The maximum absolute atomic E-state index is 13.1. The molecule has 0 spiro atoms. The van der Waals surface area contributed by atoms with E-state index in [2.05, 4.69) is 0 Å². The number of rotatable bonds is 5. The summed E-state index contributed by atoms with van der Waals surface area (Å²) in [5.41, 5.74) is 3.24. The van der Waals surface area contributed by atoms with E-state index in [1.54, 1.807) is 31.5 Å². The zero-order valence-corrected chi connectivity index (χ0v) is 16.4. The number of carbonyl (C=O) groups is 1.